The summed E-state index contributed by atoms with van der Waals surface area (Å²) >= 11 is 0. The van der Waals surface area contributed by atoms with Gasteiger partial charge in [0.25, 0.3) is 0 Å². The van der Waals surface area contributed by atoms with Crippen molar-refractivity contribution in [2.45, 2.75) is 37.5 Å². The Morgan fingerprint density at radius 1 is 0.923 bits per heavy atom. The van der Waals surface area contributed by atoms with Gasteiger partial charge in [-0.1, -0.05) is 60.7 Å². The van der Waals surface area contributed by atoms with E-state index >= 15 is 0 Å². The number of nitrogens with one attached hydrogen (secondary N) is 1. The molecule has 0 aromatic heterocycles. The molecule has 0 heterocycles. The van der Waals surface area contributed by atoms with Gasteiger partial charge in [-0.2, -0.15) is 0 Å². The van der Waals surface area contributed by atoms with Crippen LogP contribution in [0, 0.1) is 11.8 Å². The average Bonchev–Trinajstić information content (AvgIpc) is 2.73. The standard InChI is InChI=1S/C24H25NO/c26-24(16-8-2-1-3-9-16)25-15-17-14-22-18-10-4-6-12-20(18)23(17)21-13-7-5-11-19(21)22/h1-2,4-7,10-13,16-17,22-23H,3,8-9,14-15H2,(H,25,26)/t16-,17-,22?,23?/m0/s1. The molecule has 2 aromatic rings. The Hall–Kier alpha value is -2.35. The van der Waals surface area contributed by atoms with Gasteiger partial charge in [-0.3, -0.25) is 4.79 Å². The molecule has 0 spiro atoms. The molecule has 132 valence electrons. The van der Waals surface area contributed by atoms with Crippen LogP contribution in [0.15, 0.2) is 60.7 Å². The summed E-state index contributed by atoms with van der Waals surface area (Å²) in [6, 6.07) is 17.8. The fourth-order valence-corrected chi connectivity index (χ4v) is 5.37. The van der Waals surface area contributed by atoms with E-state index < -0.39 is 0 Å². The van der Waals surface area contributed by atoms with Gasteiger partial charge in [-0.25, -0.2) is 0 Å². The highest BCUT2D eigenvalue weighted by Crippen LogP contribution is 2.55. The number of hydrogen-bond donors (Lipinski definition) is 1. The van der Waals surface area contributed by atoms with Crippen LogP contribution in [0.5, 0.6) is 0 Å². The average molecular weight is 343 g/mol. The van der Waals surface area contributed by atoms with Crippen molar-refractivity contribution >= 4 is 5.91 Å². The van der Waals surface area contributed by atoms with Crippen LogP contribution in [-0.4, -0.2) is 12.5 Å². The Labute approximate surface area is 155 Å². The van der Waals surface area contributed by atoms with Gasteiger partial charge in [-0.05, 0) is 53.9 Å². The molecule has 0 unspecified atom stereocenters. The number of amides is 1. The zero-order valence-electron chi connectivity index (χ0n) is 15.0. The summed E-state index contributed by atoms with van der Waals surface area (Å²) in [4.78, 5) is 12.6. The highest BCUT2D eigenvalue weighted by Gasteiger charge is 2.42. The van der Waals surface area contributed by atoms with Crippen LogP contribution in [0.2, 0.25) is 0 Å². The molecule has 0 radical (unpaired) electrons. The van der Waals surface area contributed by atoms with Gasteiger partial charge in [0.15, 0.2) is 0 Å². The van der Waals surface area contributed by atoms with E-state index in [0.29, 0.717) is 17.8 Å². The molecule has 2 aromatic carbocycles. The third-order valence-electron chi connectivity index (χ3n) is 6.60. The first kappa shape index (κ1) is 15.9. The van der Waals surface area contributed by atoms with Crippen LogP contribution in [0.3, 0.4) is 0 Å². The first-order valence-corrected chi connectivity index (χ1v) is 9.93. The third kappa shape index (κ3) is 2.51. The minimum atomic E-state index is 0.167. The minimum Gasteiger partial charge on any atom is -0.356 e. The molecule has 4 aliphatic rings. The van der Waals surface area contributed by atoms with E-state index in [-0.39, 0.29) is 11.8 Å². The number of hydrogen-bond acceptors (Lipinski definition) is 1. The first-order valence-electron chi connectivity index (χ1n) is 9.93. The van der Waals surface area contributed by atoms with Gasteiger partial charge in [-0.15, -0.1) is 0 Å². The summed E-state index contributed by atoms with van der Waals surface area (Å²) in [7, 11) is 0. The zero-order chi connectivity index (χ0) is 17.5. The Bertz CT molecular complexity index is 821. The SMILES string of the molecule is O=C(NC[C@@H]1CC2c3ccccc3C1c1ccccc12)[C@H]1CC=CCC1. The molecule has 0 saturated heterocycles. The van der Waals surface area contributed by atoms with Crippen LogP contribution >= 0.6 is 0 Å². The highest BCUT2D eigenvalue weighted by atomic mass is 16.1. The fourth-order valence-electron chi connectivity index (χ4n) is 5.37. The van der Waals surface area contributed by atoms with Crippen LogP contribution in [0.4, 0.5) is 0 Å². The second kappa shape index (κ2) is 6.42. The number of benzene rings is 2. The van der Waals surface area contributed by atoms with E-state index in [1.807, 2.05) is 0 Å². The van der Waals surface area contributed by atoms with Gasteiger partial charge in [0.2, 0.25) is 5.91 Å². The maximum Gasteiger partial charge on any atom is 0.223 e. The molecule has 6 rings (SSSR count). The Morgan fingerprint density at radius 2 is 1.58 bits per heavy atom. The lowest BCUT2D eigenvalue weighted by atomic mass is 9.59. The molecule has 2 atom stereocenters. The fraction of sp³-hybridized carbons (Fsp3) is 0.375. The molecule has 1 amide bonds. The van der Waals surface area contributed by atoms with Crippen LogP contribution in [0.1, 0.15) is 59.8 Å². The van der Waals surface area contributed by atoms with Gasteiger partial charge in [0.1, 0.15) is 0 Å². The Kier molecular flexibility index (Phi) is 3.92. The smallest absolute Gasteiger partial charge is 0.223 e. The molecule has 1 N–H and O–H groups in total. The van der Waals surface area contributed by atoms with Gasteiger partial charge >= 0.3 is 0 Å². The summed E-state index contributed by atoms with van der Waals surface area (Å²) < 4.78 is 0. The maximum absolute atomic E-state index is 12.6. The van der Waals surface area contributed by atoms with Crippen molar-refractivity contribution in [2.24, 2.45) is 11.8 Å². The van der Waals surface area contributed by atoms with Gasteiger partial charge in [0, 0.05) is 24.3 Å². The second-order valence-electron chi connectivity index (χ2n) is 8.01. The van der Waals surface area contributed by atoms with Crippen molar-refractivity contribution in [2.75, 3.05) is 6.54 Å². The highest BCUT2D eigenvalue weighted by molar-refractivity contribution is 5.79. The molecule has 2 bridgehead atoms. The largest absolute Gasteiger partial charge is 0.356 e. The van der Waals surface area contributed by atoms with Crippen molar-refractivity contribution in [3.05, 3.63) is 82.9 Å². The molecular formula is C24H25NO. The molecule has 0 fully saturated rings. The predicted molar refractivity (Wildman–Crippen MR) is 104 cm³/mol. The molecular weight excluding hydrogens is 318 g/mol. The number of allylic oxidation sites excluding steroid dienone is 2. The molecule has 0 saturated carbocycles. The van der Waals surface area contributed by atoms with E-state index in [1.165, 1.54) is 22.3 Å². The molecule has 4 aliphatic carbocycles. The Balaban J connectivity index is 1.40. The lowest BCUT2D eigenvalue weighted by molar-refractivity contribution is -0.125. The van der Waals surface area contributed by atoms with Crippen LogP contribution < -0.4 is 5.32 Å². The van der Waals surface area contributed by atoms with Crippen molar-refractivity contribution in [3.8, 4) is 0 Å². The van der Waals surface area contributed by atoms with Gasteiger partial charge in [0.05, 0.1) is 0 Å². The van der Waals surface area contributed by atoms with Crippen LogP contribution in [-0.2, 0) is 4.79 Å². The van der Waals surface area contributed by atoms with Crippen molar-refractivity contribution < 1.29 is 4.79 Å². The summed E-state index contributed by atoms with van der Waals surface area (Å²) in [5.74, 6) is 1.80. The van der Waals surface area contributed by atoms with Crippen LogP contribution in [0.25, 0.3) is 0 Å². The number of carbonyl (C=O) groups excluding carboxylic acids is 1. The van der Waals surface area contributed by atoms with E-state index in [9.17, 15) is 4.79 Å². The summed E-state index contributed by atoms with van der Waals surface area (Å²) in [5.41, 5.74) is 5.94. The van der Waals surface area contributed by atoms with Gasteiger partial charge < -0.3 is 5.32 Å². The number of rotatable bonds is 3. The quantitative estimate of drug-likeness (QED) is 0.800. The predicted octanol–water partition coefficient (Wildman–Crippen LogP) is 4.76. The zero-order valence-corrected chi connectivity index (χ0v) is 15.0. The molecule has 2 heteroatoms. The minimum absolute atomic E-state index is 0.167. The van der Waals surface area contributed by atoms with Crippen molar-refractivity contribution in [1.29, 1.82) is 0 Å². The number of fused-ring (bicyclic) bond motifs is 1. The maximum atomic E-state index is 12.6. The molecule has 0 aliphatic heterocycles. The third-order valence-corrected chi connectivity index (χ3v) is 6.60. The molecule has 2 nitrogen and oxygen atoms in total. The van der Waals surface area contributed by atoms with Crippen molar-refractivity contribution in [1.82, 2.24) is 5.32 Å². The lowest BCUT2D eigenvalue weighted by Gasteiger charge is -2.45. The van der Waals surface area contributed by atoms with E-state index in [2.05, 4.69) is 66.0 Å². The van der Waals surface area contributed by atoms with E-state index in [0.717, 1.165) is 32.2 Å². The number of carbonyl (C=O) groups is 1. The summed E-state index contributed by atoms with van der Waals surface area (Å²) in [6.07, 6.45) is 8.41. The summed E-state index contributed by atoms with van der Waals surface area (Å²) in [5, 5.41) is 3.30. The second-order valence-corrected chi connectivity index (χ2v) is 8.01. The topological polar surface area (TPSA) is 29.1 Å². The lowest BCUT2D eigenvalue weighted by Crippen LogP contribution is -2.41. The monoisotopic (exact) mass is 343 g/mol. The normalized spacial score (nSPS) is 28.3. The summed E-state index contributed by atoms with van der Waals surface area (Å²) in [6.45, 7) is 0.795. The first-order chi connectivity index (χ1) is 12.8. The van der Waals surface area contributed by atoms with E-state index in [1.54, 1.807) is 0 Å². The van der Waals surface area contributed by atoms with Crippen molar-refractivity contribution in [3.63, 3.8) is 0 Å². The Morgan fingerprint density at radius 3 is 2.19 bits per heavy atom. The van der Waals surface area contributed by atoms with E-state index in [4.69, 9.17) is 0 Å². The molecule has 26 heavy (non-hydrogen) atoms.